The first-order valence-electron chi connectivity index (χ1n) is 11.0. The molecule has 1 saturated heterocycles. The first-order valence-corrected chi connectivity index (χ1v) is 11.0. The summed E-state index contributed by atoms with van der Waals surface area (Å²) >= 11 is 0. The average molecular weight is 458 g/mol. The van der Waals surface area contributed by atoms with E-state index >= 15 is 4.39 Å². The van der Waals surface area contributed by atoms with Crippen molar-refractivity contribution in [1.82, 2.24) is 20.2 Å². The summed E-state index contributed by atoms with van der Waals surface area (Å²) in [5.41, 5.74) is 2.04. The van der Waals surface area contributed by atoms with Crippen molar-refractivity contribution in [1.29, 1.82) is 0 Å². The minimum atomic E-state index is -0.558. The third-order valence-electron chi connectivity index (χ3n) is 5.40. The van der Waals surface area contributed by atoms with E-state index < -0.39 is 17.9 Å². The molecule has 0 unspecified atom stereocenters. The van der Waals surface area contributed by atoms with Gasteiger partial charge in [-0.2, -0.15) is 0 Å². The van der Waals surface area contributed by atoms with Crippen LogP contribution in [0.2, 0.25) is 0 Å². The standard InChI is InChI=1S/C22H27FN6O4/c1-3-24-21(30)25-14-5-6-15(17(23)11-14)19-26-18-13-29(22(31)33-4-2)12-16(18)20(27-19)28-7-9-32-10-8-28/h5-6,11H,3-4,7-10,12-13H2,1-2H3,(H2,24,25,30). The summed E-state index contributed by atoms with van der Waals surface area (Å²) in [4.78, 5) is 37.0. The molecule has 176 valence electrons. The molecule has 0 spiro atoms. The molecule has 3 amide bonds. The van der Waals surface area contributed by atoms with Gasteiger partial charge in [-0.3, -0.25) is 4.90 Å². The van der Waals surface area contributed by atoms with E-state index in [9.17, 15) is 9.59 Å². The Bertz CT molecular complexity index is 1040. The number of aromatic nitrogens is 2. The van der Waals surface area contributed by atoms with Crippen LogP contribution in [-0.4, -0.2) is 66.4 Å². The van der Waals surface area contributed by atoms with Crippen molar-refractivity contribution < 1.29 is 23.5 Å². The summed E-state index contributed by atoms with van der Waals surface area (Å²) in [6, 6.07) is 3.97. The van der Waals surface area contributed by atoms with Crippen molar-refractivity contribution in [2.75, 3.05) is 49.7 Å². The summed E-state index contributed by atoms with van der Waals surface area (Å²) in [6.45, 7) is 7.28. The monoisotopic (exact) mass is 458 g/mol. The number of morpholine rings is 1. The third kappa shape index (κ3) is 4.98. The zero-order valence-electron chi connectivity index (χ0n) is 18.7. The number of hydrogen-bond donors (Lipinski definition) is 2. The molecule has 1 fully saturated rings. The molecular formula is C22H27FN6O4. The highest BCUT2D eigenvalue weighted by atomic mass is 19.1. The third-order valence-corrected chi connectivity index (χ3v) is 5.40. The number of amides is 3. The van der Waals surface area contributed by atoms with Crippen molar-refractivity contribution in [3.05, 3.63) is 35.3 Å². The lowest BCUT2D eigenvalue weighted by atomic mass is 10.1. The molecular weight excluding hydrogens is 431 g/mol. The predicted octanol–water partition coefficient (Wildman–Crippen LogP) is 2.73. The van der Waals surface area contributed by atoms with E-state index in [1.807, 2.05) is 0 Å². The van der Waals surface area contributed by atoms with Crippen molar-refractivity contribution in [3.63, 3.8) is 0 Å². The van der Waals surface area contributed by atoms with Gasteiger partial charge in [0.05, 0.1) is 44.2 Å². The minimum absolute atomic E-state index is 0.211. The van der Waals surface area contributed by atoms with Crippen molar-refractivity contribution in [2.45, 2.75) is 26.9 Å². The molecule has 0 atom stereocenters. The fraction of sp³-hybridized carbons (Fsp3) is 0.455. The smallest absolute Gasteiger partial charge is 0.410 e. The Labute approximate surface area is 191 Å². The molecule has 1 aromatic carbocycles. The van der Waals surface area contributed by atoms with Crippen molar-refractivity contribution in [3.8, 4) is 11.4 Å². The molecule has 0 bridgehead atoms. The molecule has 0 saturated carbocycles. The van der Waals surface area contributed by atoms with Gasteiger partial charge in [0.2, 0.25) is 0 Å². The van der Waals surface area contributed by atoms with Crippen LogP contribution in [0, 0.1) is 5.82 Å². The number of benzene rings is 1. The normalized spacial score (nSPS) is 15.2. The second kappa shape index (κ2) is 9.99. The number of urea groups is 1. The Kier molecular flexibility index (Phi) is 6.87. The van der Waals surface area contributed by atoms with E-state index in [1.54, 1.807) is 30.9 Å². The van der Waals surface area contributed by atoms with Crippen LogP contribution in [0.5, 0.6) is 0 Å². The van der Waals surface area contributed by atoms with Crippen LogP contribution in [0.1, 0.15) is 25.1 Å². The molecule has 2 N–H and O–H groups in total. The Balaban J connectivity index is 1.68. The highest BCUT2D eigenvalue weighted by Crippen LogP contribution is 2.33. The molecule has 33 heavy (non-hydrogen) atoms. The van der Waals surface area contributed by atoms with Gasteiger partial charge >= 0.3 is 12.1 Å². The molecule has 0 aliphatic carbocycles. The maximum atomic E-state index is 15.0. The zero-order valence-corrected chi connectivity index (χ0v) is 18.7. The Morgan fingerprint density at radius 1 is 1.18 bits per heavy atom. The summed E-state index contributed by atoms with van der Waals surface area (Å²) in [5.74, 6) is 0.342. The highest BCUT2D eigenvalue weighted by molar-refractivity contribution is 5.89. The number of rotatable bonds is 5. The van der Waals surface area contributed by atoms with Crippen LogP contribution < -0.4 is 15.5 Å². The Hall–Kier alpha value is -3.47. The molecule has 3 heterocycles. The van der Waals surface area contributed by atoms with E-state index in [4.69, 9.17) is 14.5 Å². The molecule has 1 aromatic heterocycles. The van der Waals surface area contributed by atoms with Gasteiger partial charge in [0.15, 0.2) is 5.82 Å². The van der Waals surface area contributed by atoms with Crippen LogP contribution in [0.15, 0.2) is 18.2 Å². The van der Waals surface area contributed by atoms with Crippen LogP contribution in [0.3, 0.4) is 0 Å². The number of anilines is 2. The van der Waals surface area contributed by atoms with Gasteiger partial charge in [0.1, 0.15) is 11.6 Å². The minimum Gasteiger partial charge on any atom is -0.450 e. The maximum absolute atomic E-state index is 15.0. The lowest BCUT2D eigenvalue weighted by Gasteiger charge is -2.29. The number of hydrogen-bond acceptors (Lipinski definition) is 7. The molecule has 2 aliphatic rings. The molecule has 2 aliphatic heterocycles. The number of fused-ring (bicyclic) bond motifs is 1. The SMILES string of the molecule is CCNC(=O)Nc1ccc(-c2nc3c(c(N4CCOCC4)n2)CN(C(=O)OCC)C3)c(F)c1. The van der Waals surface area contributed by atoms with Gasteiger partial charge in [0, 0.05) is 30.9 Å². The number of nitrogens with one attached hydrogen (secondary N) is 2. The number of nitrogens with zero attached hydrogens (tertiary/aromatic N) is 4. The summed E-state index contributed by atoms with van der Waals surface area (Å²) in [6.07, 6.45) is -0.419. The summed E-state index contributed by atoms with van der Waals surface area (Å²) in [7, 11) is 0. The molecule has 4 rings (SSSR count). The number of ether oxygens (including phenoxy) is 2. The van der Waals surface area contributed by atoms with Gasteiger partial charge in [-0.15, -0.1) is 0 Å². The number of halogens is 1. The molecule has 10 nitrogen and oxygen atoms in total. The Morgan fingerprint density at radius 2 is 1.97 bits per heavy atom. The van der Waals surface area contributed by atoms with Gasteiger partial charge in [-0.1, -0.05) is 0 Å². The largest absolute Gasteiger partial charge is 0.450 e. The first kappa shape index (κ1) is 22.7. The van der Waals surface area contributed by atoms with Gasteiger partial charge in [0.25, 0.3) is 0 Å². The Morgan fingerprint density at radius 3 is 2.67 bits per heavy atom. The fourth-order valence-corrected chi connectivity index (χ4v) is 3.85. The van der Waals surface area contributed by atoms with Crippen molar-refractivity contribution >= 4 is 23.6 Å². The molecule has 2 aromatic rings. The first-order chi connectivity index (χ1) is 16.0. The van der Waals surface area contributed by atoms with E-state index in [2.05, 4.69) is 20.5 Å². The summed E-state index contributed by atoms with van der Waals surface area (Å²) in [5, 5.41) is 5.18. The van der Waals surface area contributed by atoms with Crippen LogP contribution in [-0.2, 0) is 22.6 Å². The van der Waals surface area contributed by atoms with Crippen molar-refractivity contribution in [2.24, 2.45) is 0 Å². The van der Waals surface area contributed by atoms with Crippen LogP contribution in [0.25, 0.3) is 11.4 Å². The van der Waals surface area contributed by atoms with E-state index in [-0.39, 0.29) is 24.5 Å². The van der Waals surface area contributed by atoms with E-state index in [0.717, 1.165) is 5.56 Å². The molecule has 0 radical (unpaired) electrons. The highest BCUT2D eigenvalue weighted by Gasteiger charge is 2.32. The van der Waals surface area contributed by atoms with Gasteiger partial charge in [-0.25, -0.2) is 23.9 Å². The van der Waals surface area contributed by atoms with Crippen LogP contribution in [0.4, 0.5) is 25.5 Å². The topological polar surface area (TPSA) is 109 Å². The maximum Gasteiger partial charge on any atom is 0.410 e. The van der Waals surface area contributed by atoms with E-state index in [1.165, 1.54) is 6.07 Å². The van der Waals surface area contributed by atoms with E-state index in [0.29, 0.717) is 56.6 Å². The second-order valence-corrected chi connectivity index (χ2v) is 7.63. The lowest BCUT2D eigenvalue weighted by Crippen LogP contribution is -2.37. The number of carbonyl (C=O) groups excluding carboxylic acids is 2. The van der Waals surface area contributed by atoms with Gasteiger partial charge < -0.3 is 25.0 Å². The lowest BCUT2D eigenvalue weighted by molar-refractivity contribution is 0.106. The zero-order chi connectivity index (χ0) is 23.4. The summed E-state index contributed by atoms with van der Waals surface area (Å²) < 4.78 is 25.6. The number of carbonyl (C=O) groups is 2. The molecule has 11 heteroatoms. The average Bonchev–Trinajstić information content (AvgIpc) is 3.24. The quantitative estimate of drug-likeness (QED) is 0.709. The fourth-order valence-electron chi connectivity index (χ4n) is 3.85. The van der Waals surface area contributed by atoms with Crippen LogP contribution >= 0.6 is 0 Å². The predicted molar refractivity (Wildman–Crippen MR) is 119 cm³/mol. The van der Waals surface area contributed by atoms with Gasteiger partial charge in [-0.05, 0) is 32.0 Å². The second-order valence-electron chi connectivity index (χ2n) is 7.63.